The van der Waals surface area contributed by atoms with Crippen LogP contribution in [0.2, 0.25) is 0 Å². The van der Waals surface area contributed by atoms with Crippen LogP contribution >= 0.6 is 15.9 Å². The topological polar surface area (TPSA) is 43.1 Å². The summed E-state index contributed by atoms with van der Waals surface area (Å²) < 4.78 is 37.0. The first-order valence-electron chi connectivity index (χ1n) is 3.75. The standard InChI is InChI=1S/C8H5BrF3NO2/c1-4-2-5(8(10,11)12)3-6(7(4)9)13(14)15/h2-3H,1H3. The van der Waals surface area contributed by atoms with E-state index in [2.05, 4.69) is 15.9 Å². The third-order valence-corrected chi connectivity index (χ3v) is 2.79. The van der Waals surface area contributed by atoms with Gasteiger partial charge in [0, 0.05) is 6.07 Å². The highest BCUT2D eigenvalue weighted by Gasteiger charge is 2.33. The van der Waals surface area contributed by atoms with E-state index in [9.17, 15) is 23.3 Å². The van der Waals surface area contributed by atoms with Crippen LogP contribution in [0.25, 0.3) is 0 Å². The first kappa shape index (κ1) is 12.0. The van der Waals surface area contributed by atoms with Gasteiger partial charge in [-0.15, -0.1) is 0 Å². The Morgan fingerprint density at radius 3 is 2.33 bits per heavy atom. The fraction of sp³-hybridized carbons (Fsp3) is 0.250. The number of hydrogen-bond donors (Lipinski definition) is 0. The lowest BCUT2D eigenvalue weighted by molar-refractivity contribution is -0.386. The van der Waals surface area contributed by atoms with Gasteiger partial charge in [-0.3, -0.25) is 10.1 Å². The molecule has 82 valence electrons. The van der Waals surface area contributed by atoms with Crippen molar-refractivity contribution in [1.82, 2.24) is 0 Å². The second kappa shape index (κ2) is 3.80. The van der Waals surface area contributed by atoms with E-state index < -0.39 is 22.4 Å². The Morgan fingerprint density at radius 2 is 1.93 bits per heavy atom. The normalized spacial score (nSPS) is 11.5. The average molecular weight is 284 g/mol. The molecule has 0 aliphatic carbocycles. The molecule has 0 unspecified atom stereocenters. The highest BCUT2D eigenvalue weighted by molar-refractivity contribution is 9.10. The van der Waals surface area contributed by atoms with Crippen LogP contribution in [0, 0.1) is 17.0 Å². The second-order valence-electron chi connectivity index (χ2n) is 2.88. The molecule has 0 heterocycles. The van der Waals surface area contributed by atoms with E-state index in [1.54, 1.807) is 0 Å². The SMILES string of the molecule is Cc1cc(C(F)(F)F)cc([N+](=O)[O-])c1Br. The fourth-order valence-electron chi connectivity index (χ4n) is 1.05. The minimum absolute atomic E-state index is 0.0699. The van der Waals surface area contributed by atoms with Crippen LogP contribution in [0.3, 0.4) is 0 Å². The molecule has 1 aromatic rings. The molecular weight excluding hydrogens is 279 g/mol. The van der Waals surface area contributed by atoms with Crippen LogP contribution in [0.15, 0.2) is 16.6 Å². The number of nitro benzene ring substituents is 1. The lowest BCUT2D eigenvalue weighted by Gasteiger charge is -2.08. The number of nitro groups is 1. The largest absolute Gasteiger partial charge is 0.416 e. The Hall–Kier alpha value is -1.11. The summed E-state index contributed by atoms with van der Waals surface area (Å²) in [5, 5.41) is 10.5. The lowest BCUT2D eigenvalue weighted by atomic mass is 10.1. The number of aryl methyl sites for hydroxylation is 1. The molecule has 0 aliphatic heterocycles. The van der Waals surface area contributed by atoms with Gasteiger partial charge in [0.25, 0.3) is 5.69 Å². The van der Waals surface area contributed by atoms with E-state index in [1.165, 1.54) is 6.92 Å². The van der Waals surface area contributed by atoms with Gasteiger partial charge < -0.3 is 0 Å². The summed E-state index contributed by atoms with van der Waals surface area (Å²) in [6, 6.07) is 1.37. The summed E-state index contributed by atoms with van der Waals surface area (Å²) in [4.78, 5) is 9.61. The molecule has 0 aromatic heterocycles. The molecule has 0 aliphatic rings. The molecule has 0 saturated heterocycles. The van der Waals surface area contributed by atoms with Crippen LogP contribution in [-0.4, -0.2) is 4.92 Å². The van der Waals surface area contributed by atoms with Gasteiger partial charge in [0.1, 0.15) is 0 Å². The summed E-state index contributed by atoms with van der Waals surface area (Å²) in [6.45, 7) is 1.37. The summed E-state index contributed by atoms with van der Waals surface area (Å²) in [6.07, 6.45) is -4.57. The number of nitrogens with zero attached hydrogens (tertiary/aromatic N) is 1. The van der Waals surface area contributed by atoms with E-state index in [1.807, 2.05) is 0 Å². The van der Waals surface area contributed by atoms with E-state index in [0.29, 0.717) is 6.07 Å². The summed E-state index contributed by atoms with van der Waals surface area (Å²) in [7, 11) is 0. The Kier molecular flexibility index (Phi) is 3.03. The molecule has 3 nitrogen and oxygen atoms in total. The highest BCUT2D eigenvalue weighted by atomic mass is 79.9. The maximum atomic E-state index is 12.3. The first-order valence-corrected chi connectivity index (χ1v) is 4.54. The summed E-state index contributed by atoms with van der Waals surface area (Å²) in [5.41, 5.74) is -1.42. The molecular formula is C8H5BrF3NO2. The smallest absolute Gasteiger partial charge is 0.258 e. The van der Waals surface area contributed by atoms with E-state index in [0.717, 1.165) is 6.07 Å². The third kappa shape index (κ3) is 2.47. The predicted octanol–water partition coefficient (Wildman–Crippen LogP) is 3.68. The molecule has 0 atom stereocenters. The van der Waals surface area contributed by atoms with Crippen molar-refractivity contribution < 1.29 is 18.1 Å². The van der Waals surface area contributed by atoms with Gasteiger partial charge in [-0.25, -0.2) is 0 Å². The molecule has 0 N–H and O–H groups in total. The van der Waals surface area contributed by atoms with Crippen LogP contribution in [0.4, 0.5) is 18.9 Å². The Morgan fingerprint density at radius 1 is 1.40 bits per heavy atom. The Bertz CT molecular complexity index is 417. The van der Waals surface area contributed by atoms with Crippen molar-refractivity contribution in [3.05, 3.63) is 37.8 Å². The maximum absolute atomic E-state index is 12.3. The number of hydrogen-bond acceptors (Lipinski definition) is 2. The molecule has 0 saturated carbocycles. The lowest BCUT2D eigenvalue weighted by Crippen LogP contribution is -2.06. The van der Waals surface area contributed by atoms with Crippen LogP contribution in [-0.2, 0) is 6.18 Å². The van der Waals surface area contributed by atoms with Gasteiger partial charge in [-0.2, -0.15) is 13.2 Å². The number of rotatable bonds is 1. The zero-order valence-corrected chi connectivity index (χ0v) is 9.02. The minimum atomic E-state index is -4.57. The average Bonchev–Trinajstić information content (AvgIpc) is 2.06. The van der Waals surface area contributed by atoms with E-state index in [4.69, 9.17) is 0 Å². The predicted molar refractivity (Wildman–Crippen MR) is 50.5 cm³/mol. The zero-order valence-electron chi connectivity index (χ0n) is 7.43. The zero-order chi connectivity index (χ0) is 11.8. The fourth-order valence-corrected chi connectivity index (χ4v) is 1.42. The third-order valence-electron chi connectivity index (χ3n) is 1.76. The Balaban J connectivity index is 3.43. The molecule has 0 radical (unpaired) electrons. The van der Waals surface area contributed by atoms with Gasteiger partial charge >= 0.3 is 6.18 Å². The van der Waals surface area contributed by atoms with Crippen LogP contribution in [0.5, 0.6) is 0 Å². The van der Waals surface area contributed by atoms with Crippen molar-refractivity contribution >= 4 is 21.6 Å². The molecule has 0 bridgehead atoms. The first-order chi connectivity index (χ1) is 6.73. The Labute approximate surface area is 91.2 Å². The molecule has 0 amide bonds. The molecule has 1 rings (SSSR count). The van der Waals surface area contributed by atoms with Crippen molar-refractivity contribution in [3.8, 4) is 0 Å². The quantitative estimate of drug-likeness (QED) is 0.583. The molecule has 0 spiro atoms. The van der Waals surface area contributed by atoms with E-state index in [-0.39, 0.29) is 10.0 Å². The molecule has 7 heteroatoms. The molecule has 1 aromatic carbocycles. The van der Waals surface area contributed by atoms with Gasteiger partial charge in [0.15, 0.2) is 0 Å². The van der Waals surface area contributed by atoms with Crippen molar-refractivity contribution in [2.24, 2.45) is 0 Å². The van der Waals surface area contributed by atoms with Gasteiger partial charge in [0.2, 0.25) is 0 Å². The van der Waals surface area contributed by atoms with Gasteiger partial charge in [-0.05, 0) is 34.5 Å². The minimum Gasteiger partial charge on any atom is -0.258 e. The second-order valence-corrected chi connectivity index (χ2v) is 3.67. The van der Waals surface area contributed by atoms with Crippen molar-refractivity contribution in [2.75, 3.05) is 0 Å². The van der Waals surface area contributed by atoms with Crippen LogP contribution in [0.1, 0.15) is 11.1 Å². The van der Waals surface area contributed by atoms with E-state index >= 15 is 0 Å². The van der Waals surface area contributed by atoms with Crippen LogP contribution < -0.4 is 0 Å². The summed E-state index contributed by atoms with van der Waals surface area (Å²) >= 11 is 2.87. The van der Waals surface area contributed by atoms with Crippen molar-refractivity contribution in [3.63, 3.8) is 0 Å². The number of benzene rings is 1. The monoisotopic (exact) mass is 283 g/mol. The molecule has 15 heavy (non-hydrogen) atoms. The van der Waals surface area contributed by atoms with Gasteiger partial charge in [0.05, 0.1) is 15.0 Å². The van der Waals surface area contributed by atoms with Gasteiger partial charge in [-0.1, -0.05) is 0 Å². The highest BCUT2D eigenvalue weighted by Crippen LogP contribution is 2.36. The number of alkyl halides is 3. The van der Waals surface area contributed by atoms with Crippen molar-refractivity contribution in [1.29, 1.82) is 0 Å². The van der Waals surface area contributed by atoms with Crippen molar-refractivity contribution in [2.45, 2.75) is 13.1 Å². The molecule has 0 fully saturated rings. The number of halogens is 4. The summed E-state index contributed by atoms with van der Waals surface area (Å²) in [5.74, 6) is 0. The maximum Gasteiger partial charge on any atom is 0.416 e.